The minimum atomic E-state index is 0.428. The molecule has 1 aromatic heterocycles. The Kier molecular flexibility index (Phi) is 4.97. The maximum Gasteiger partial charge on any atom is 0.149 e. The molecule has 6 heteroatoms. The molecule has 0 unspecified atom stereocenters. The third-order valence-corrected chi connectivity index (χ3v) is 2.95. The van der Waals surface area contributed by atoms with Gasteiger partial charge in [-0.2, -0.15) is 0 Å². The summed E-state index contributed by atoms with van der Waals surface area (Å²) in [5, 5.41) is 7.00. The van der Waals surface area contributed by atoms with Gasteiger partial charge in [0.1, 0.15) is 11.0 Å². The van der Waals surface area contributed by atoms with Gasteiger partial charge in [-0.15, -0.1) is 0 Å². The number of hydrogen-bond donors (Lipinski definition) is 2. The van der Waals surface area contributed by atoms with Crippen molar-refractivity contribution in [3.63, 3.8) is 0 Å². The second kappa shape index (κ2) is 6.74. The van der Waals surface area contributed by atoms with Crippen LogP contribution in [-0.4, -0.2) is 54.1 Å². The van der Waals surface area contributed by atoms with Crippen LogP contribution in [0.1, 0.15) is 6.42 Å². The first-order valence-corrected chi connectivity index (χ1v) is 6.37. The van der Waals surface area contributed by atoms with Gasteiger partial charge in [0.25, 0.3) is 0 Å². The van der Waals surface area contributed by atoms with Crippen LogP contribution in [0.25, 0.3) is 0 Å². The highest BCUT2D eigenvalue weighted by Gasteiger charge is 2.08. The van der Waals surface area contributed by atoms with Crippen molar-refractivity contribution in [3.8, 4) is 0 Å². The van der Waals surface area contributed by atoms with Crippen LogP contribution in [-0.2, 0) is 0 Å². The molecule has 0 bridgehead atoms. The molecule has 94 valence electrons. The Balaban J connectivity index is 1.62. The minimum absolute atomic E-state index is 0.428. The van der Waals surface area contributed by atoms with E-state index >= 15 is 0 Å². The van der Waals surface area contributed by atoms with Crippen molar-refractivity contribution in [1.29, 1.82) is 0 Å². The van der Waals surface area contributed by atoms with E-state index in [1.807, 2.05) is 0 Å². The quantitative estimate of drug-likeness (QED) is 0.764. The molecule has 1 fully saturated rings. The predicted molar refractivity (Wildman–Crippen MR) is 69.5 cm³/mol. The van der Waals surface area contributed by atoms with Crippen LogP contribution in [0, 0.1) is 0 Å². The average molecular weight is 256 g/mol. The summed E-state index contributed by atoms with van der Waals surface area (Å²) in [6, 6.07) is 0. The van der Waals surface area contributed by atoms with Crippen molar-refractivity contribution in [2.45, 2.75) is 6.42 Å². The van der Waals surface area contributed by atoms with Gasteiger partial charge in [0.2, 0.25) is 0 Å². The Morgan fingerprint density at radius 3 is 2.94 bits per heavy atom. The van der Waals surface area contributed by atoms with Gasteiger partial charge in [-0.3, -0.25) is 4.98 Å². The van der Waals surface area contributed by atoms with Gasteiger partial charge >= 0.3 is 0 Å². The molecule has 5 nitrogen and oxygen atoms in total. The fourth-order valence-corrected chi connectivity index (χ4v) is 2.03. The maximum absolute atomic E-state index is 5.75. The van der Waals surface area contributed by atoms with Gasteiger partial charge in [-0.05, 0) is 13.0 Å². The van der Waals surface area contributed by atoms with E-state index in [4.69, 9.17) is 11.6 Å². The SMILES string of the molecule is Clc1cncc(NCCCN2CCNCC2)n1. The highest BCUT2D eigenvalue weighted by molar-refractivity contribution is 6.29. The molecular formula is C11H18ClN5. The lowest BCUT2D eigenvalue weighted by Gasteiger charge is -2.27. The van der Waals surface area contributed by atoms with Gasteiger partial charge in [-0.1, -0.05) is 11.6 Å². The second-order valence-electron chi connectivity index (χ2n) is 4.10. The van der Waals surface area contributed by atoms with E-state index in [0.717, 1.165) is 51.5 Å². The molecule has 0 aromatic carbocycles. The lowest BCUT2D eigenvalue weighted by Crippen LogP contribution is -2.44. The summed E-state index contributed by atoms with van der Waals surface area (Å²) in [6.07, 6.45) is 4.33. The largest absolute Gasteiger partial charge is 0.369 e. The Labute approximate surface area is 107 Å². The van der Waals surface area contributed by atoms with Crippen molar-refractivity contribution in [1.82, 2.24) is 20.2 Å². The van der Waals surface area contributed by atoms with Crippen LogP contribution >= 0.6 is 11.6 Å². The number of halogens is 1. The number of anilines is 1. The molecule has 0 amide bonds. The average Bonchev–Trinajstić information content (AvgIpc) is 2.36. The van der Waals surface area contributed by atoms with E-state index in [9.17, 15) is 0 Å². The minimum Gasteiger partial charge on any atom is -0.369 e. The second-order valence-corrected chi connectivity index (χ2v) is 4.49. The number of rotatable bonds is 5. The Hall–Kier alpha value is -0.910. The van der Waals surface area contributed by atoms with Crippen LogP contribution in [0.15, 0.2) is 12.4 Å². The topological polar surface area (TPSA) is 53.1 Å². The molecule has 2 rings (SSSR count). The Morgan fingerprint density at radius 2 is 2.18 bits per heavy atom. The van der Waals surface area contributed by atoms with E-state index < -0.39 is 0 Å². The molecule has 0 aliphatic carbocycles. The molecule has 1 aromatic rings. The highest BCUT2D eigenvalue weighted by atomic mass is 35.5. The van der Waals surface area contributed by atoms with E-state index in [1.54, 1.807) is 6.20 Å². The fraction of sp³-hybridized carbons (Fsp3) is 0.636. The maximum atomic E-state index is 5.75. The summed E-state index contributed by atoms with van der Waals surface area (Å²) in [5.41, 5.74) is 0. The van der Waals surface area contributed by atoms with E-state index in [1.165, 1.54) is 6.20 Å². The zero-order valence-electron chi connectivity index (χ0n) is 9.82. The molecule has 2 heterocycles. The summed E-state index contributed by atoms with van der Waals surface area (Å²) in [5.74, 6) is 0.748. The van der Waals surface area contributed by atoms with Gasteiger partial charge < -0.3 is 15.5 Å². The number of nitrogens with zero attached hydrogens (tertiary/aromatic N) is 3. The molecule has 1 aliphatic heterocycles. The summed E-state index contributed by atoms with van der Waals surface area (Å²) in [6.45, 7) is 6.54. The first-order valence-electron chi connectivity index (χ1n) is 5.99. The van der Waals surface area contributed by atoms with E-state index in [0.29, 0.717) is 5.15 Å². The van der Waals surface area contributed by atoms with Crippen molar-refractivity contribution < 1.29 is 0 Å². The zero-order valence-corrected chi connectivity index (χ0v) is 10.6. The van der Waals surface area contributed by atoms with E-state index in [2.05, 4.69) is 25.5 Å². The van der Waals surface area contributed by atoms with Gasteiger partial charge in [0.15, 0.2) is 0 Å². The lowest BCUT2D eigenvalue weighted by atomic mass is 10.3. The number of hydrogen-bond acceptors (Lipinski definition) is 5. The molecule has 17 heavy (non-hydrogen) atoms. The summed E-state index contributed by atoms with van der Waals surface area (Å²) >= 11 is 5.75. The number of aromatic nitrogens is 2. The molecule has 1 saturated heterocycles. The smallest absolute Gasteiger partial charge is 0.149 e. The van der Waals surface area contributed by atoms with Crippen LogP contribution < -0.4 is 10.6 Å². The summed E-state index contributed by atoms with van der Waals surface area (Å²) in [7, 11) is 0. The number of piperazine rings is 1. The number of nitrogens with one attached hydrogen (secondary N) is 2. The zero-order chi connectivity index (χ0) is 11.9. The van der Waals surface area contributed by atoms with Crippen LogP contribution in [0.4, 0.5) is 5.82 Å². The Bertz CT molecular complexity index is 340. The molecule has 0 spiro atoms. The first-order chi connectivity index (χ1) is 8.34. The molecule has 0 saturated carbocycles. The van der Waals surface area contributed by atoms with Crippen molar-refractivity contribution in [2.24, 2.45) is 0 Å². The van der Waals surface area contributed by atoms with Gasteiger partial charge in [-0.25, -0.2) is 4.98 Å². The van der Waals surface area contributed by atoms with Crippen molar-refractivity contribution in [2.75, 3.05) is 44.6 Å². The predicted octanol–water partition coefficient (Wildman–Crippen LogP) is 0.837. The third-order valence-electron chi connectivity index (χ3n) is 2.77. The third kappa shape index (κ3) is 4.46. The molecule has 0 atom stereocenters. The molecule has 2 N–H and O–H groups in total. The molecule has 0 radical (unpaired) electrons. The molecule has 1 aliphatic rings. The summed E-state index contributed by atoms with van der Waals surface area (Å²) < 4.78 is 0. The Morgan fingerprint density at radius 1 is 1.35 bits per heavy atom. The standard InChI is InChI=1S/C11H18ClN5/c12-10-8-14-9-11(16-10)15-2-1-5-17-6-3-13-4-7-17/h8-9,13H,1-7H2,(H,15,16). The first kappa shape index (κ1) is 12.5. The van der Waals surface area contributed by atoms with Gasteiger partial charge in [0, 0.05) is 32.7 Å². The lowest BCUT2D eigenvalue weighted by molar-refractivity contribution is 0.240. The van der Waals surface area contributed by atoms with Crippen LogP contribution in [0.2, 0.25) is 5.15 Å². The van der Waals surface area contributed by atoms with Gasteiger partial charge in [0.05, 0.1) is 12.4 Å². The highest BCUT2D eigenvalue weighted by Crippen LogP contribution is 2.06. The van der Waals surface area contributed by atoms with E-state index in [-0.39, 0.29) is 0 Å². The van der Waals surface area contributed by atoms with Crippen LogP contribution in [0.5, 0.6) is 0 Å². The molecular weight excluding hydrogens is 238 g/mol. The van der Waals surface area contributed by atoms with Crippen LogP contribution in [0.3, 0.4) is 0 Å². The van der Waals surface area contributed by atoms with Crippen molar-refractivity contribution in [3.05, 3.63) is 17.5 Å². The fourth-order valence-electron chi connectivity index (χ4n) is 1.88. The summed E-state index contributed by atoms with van der Waals surface area (Å²) in [4.78, 5) is 10.6. The normalized spacial score (nSPS) is 17.0. The monoisotopic (exact) mass is 255 g/mol. The van der Waals surface area contributed by atoms with Crippen molar-refractivity contribution >= 4 is 17.4 Å².